The van der Waals surface area contributed by atoms with Crippen LogP contribution in [-0.4, -0.2) is 25.2 Å². The molecular formula is C22H28ClNO3. The maximum atomic E-state index is 12.3. The zero-order valence-electron chi connectivity index (χ0n) is 16.6. The smallest absolute Gasteiger partial charge is 0.260 e. The molecule has 0 saturated carbocycles. The van der Waals surface area contributed by atoms with Gasteiger partial charge in [-0.3, -0.25) is 4.79 Å². The number of amides is 1. The van der Waals surface area contributed by atoms with Gasteiger partial charge in [-0.2, -0.15) is 0 Å². The Kier molecular flexibility index (Phi) is 7.55. The largest absolute Gasteiger partial charge is 0.492 e. The Bertz CT molecular complexity index is 789. The molecule has 0 radical (unpaired) electrons. The van der Waals surface area contributed by atoms with E-state index in [2.05, 4.69) is 31.3 Å². The van der Waals surface area contributed by atoms with Crippen molar-refractivity contribution in [2.24, 2.45) is 0 Å². The highest BCUT2D eigenvalue weighted by molar-refractivity contribution is 6.31. The van der Waals surface area contributed by atoms with Crippen LogP contribution in [0.1, 0.15) is 43.4 Å². The number of ether oxygens (including phenoxy) is 2. The Morgan fingerprint density at radius 2 is 1.85 bits per heavy atom. The number of halogens is 1. The predicted octanol–water partition coefficient (Wildman–Crippen LogP) is 5.04. The fourth-order valence-electron chi connectivity index (χ4n) is 2.61. The minimum absolute atomic E-state index is 0.170. The van der Waals surface area contributed by atoms with Gasteiger partial charge in [0.2, 0.25) is 0 Å². The summed E-state index contributed by atoms with van der Waals surface area (Å²) >= 11 is 6.08. The maximum absolute atomic E-state index is 12.3. The first-order chi connectivity index (χ1) is 12.8. The highest BCUT2D eigenvalue weighted by Gasteiger charge is 2.17. The van der Waals surface area contributed by atoms with Gasteiger partial charge in [0.15, 0.2) is 6.10 Å². The minimum Gasteiger partial charge on any atom is -0.492 e. The monoisotopic (exact) mass is 389 g/mol. The van der Waals surface area contributed by atoms with Gasteiger partial charge in [-0.05, 0) is 61.6 Å². The zero-order valence-corrected chi connectivity index (χ0v) is 17.4. The van der Waals surface area contributed by atoms with Crippen molar-refractivity contribution in [2.75, 3.05) is 13.2 Å². The van der Waals surface area contributed by atoms with Gasteiger partial charge >= 0.3 is 0 Å². The van der Waals surface area contributed by atoms with Crippen LogP contribution in [0.2, 0.25) is 5.02 Å². The summed E-state index contributed by atoms with van der Waals surface area (Å²) < 4.78 is 11.5. The topological polar surface area (TPSA) is 47.6 Å². The molecule has 2 aromatic rings. The summed E-state index contributed by atoms with van der Waals surface area (Å²) in [6, 6.07) is 11.6. The van der Waals surface area contributed by atoms with Crippen molar-refractivity contribution in [3.8, 4) is 11.5 Å². The van der Waals surface area contributed by atoms with E-state index in [1.165, 1.54) is 0 Å². The molecule has 2 rings (SSSR count). The van der Waals surface area contributed by atoms with Gasteiger partial charge in [-0.1, -0.05) is 43.6 Å². The van der Waals surface area contributed by atoms with E-state index in [0.29, 0.717) is 29.8 Å². The zero-order chi connectivity index (χ0) is 20.0. The van der Waals surface area contributed by atoms with Crippen molar-refractivity contribution in [1.29, 1.82) is 0 Å². The summed E-state index contributed by atoms with van der Waals surface area (Å²) in [7, 11) is 0. The van der Waals surface area contributed by atoms with Crippen molar-refractivity contribution in [2.45, 2.75) is 46.6 Å². The lowest BCUT2D eigenvalue weighted by molar-refractivity contribution is -0.127. The molecule has 0 aromatic heterocycles. The Morgan fingerprint density at radius 1 is 1.11 bits per heavy atom. The van der Waals surface area contributed by atoms with Crippen LogP contribution in [0.15, 0.2) is 36.4 Å². The normalized spacial score (nSPS) is 12.0. The van der Waals surface area contributed by atoms with Crippen LogP contribution in [0.5, 0.6) is 11.5 Å². The lowest BCUT2D eigenvalue weighted by Crippen LogP contribution is -2.38. The summed E-state index contributed by atoms with van der Waals surface area (Å²) in [6.45, 7) is 10.7. The Labute approximate surface area is 166 Å². The molecular weight excluding hydrogens is 362 g/mol. The first kappa shape index (κ1) is 21.1. The van der Waals surface area contributed by atoms with E-state index in [1.807, 2.05) is 32.0 Å². The van der Waals surface area contributed by atoms with E-state index in [4.69, 9.17) is 21.1 Å². The summed E-state index contributed by atoms with van der Waals surface area (Å²) in [4.78, 5) is 12.3. The maximum Gasteiger partial charge on any atom is 0.260 e. The van der Waals surface area contributed by atoms with Crippen LogP contribution in [0, 0.1) is 13.8 Å². The third kappa shape index (κ3) is 6.17. The predicted molar refractivity (Wildman–Crippen MR) is 110 cm³/mol. The Hall–Kier alpha value is -2.20. The van der Waals surface area contributed by atoms with E-state index < -0.39 is 6.10 Å². The van der Waals surface area contributed by atoms with Crippen LogP contribution in [-0.2, 0) is 4.79 Å². The molecule has 0 spiro atoms. The molecule has 0 unspecified atom stereocenters. The van der Waals surface area contributed by atoms with Crippen molar-refractivity contribution in [3.05, 3.63) is 58.1 Å². The first-order valence-electron chi connectivity index (χ1n) is 9.21. The van der Waals surface area contributed by atoms with E-state index in [9.17, 15) is 4.79 Å². The third-order valence-electron chi connectivity index (χ3n) is 4.28. The number of carbonyl (C=O) groups is 1. The van der Waals surface area contributed by atoms with Gasteiger partial charge in [0.25, 0.3) is 5.91 Å². The van der Waals surface area contributed by atoms with Crippen LogP contribution in [0.25, 0.3) is 0 Å². The Balaban J connectivity index is 1.83. The van der Waals surface area contributed by atoms with Gasteiger partial charge in [0, 0.05) is 5.02 Å². The fraction of sp³-hybridized carbons (Fsp3) is 0.409. The molecule has 2 aromatic carbocycles. The standard InChI is InChI=1S/C22H28ClNO3/c1-14(2)19-9-6-15(3)12-21(19)27-17(5)22(25)24-10-11-26-18-8-7-16(4)20(23)13-18/h6-9,12-14,17H,10-11H2,1-5H3,(H,24,25)/t17-/m0/s1. The molecule has 0 fully saturated rings. The van der Waals surface area contributed by atoms with Crippen molar-refractivity contribution in [1.82, 2.24) is 5.32 Å². The number of hydrogen-bond acceptors (Lipinski definition) is 3. The number of benzene rings is 2. The minimum atomic E-state index is -0.585. The van der Waals surface area contributed by atoms with Gasteiger partial charge in [-0.25, -0.2) is 0 Å². The van der Waals surface area contributed by atoms with Gasteiger partial charge in [0.1, 0.15) is 18.1 Å². The molecule has 0 bridgehead atoms. The second-order valence-electron chi connectivity index (χ2n) is 7.01. The van der Waals surface area contributed by atoms with E-state index in [-0.39, 0.29) is 5.91 Å². The lowest BCUT2D eigenvalue weighted by Gasteiger charge is -2.19. The fourth-order valence-corrected chi connectivity index (χ4v) is 2.79. The lowest BCUT2D eigenvalue weighted by atomic mass is 10.0. The van der Waals surface area contributed by atoms with E-state index in [0.717, 1.165) is 22.4 Å². The molecule has 0 aliphatic carbocycles. The quantitative estimate of drug-likeness (QED) is 0.643. The number of hydrogen-bond donors (Lipinski definition) is 1. The van der Waals surface area contributed by atoms with Crippen LogP contribution >= 0.6 is 11.6 Å². The average molecular weight is 390 g/mol. The van der Waals surface area contributed by atoms with Crippen LogP contribution < -0.4 is 14.8 Å². The Morgan fingerprint density at radius 3 is 2.52 bits per heavy atom. The van der Waals surface area contributed by atoms with Crippen LogP contribution in [0.3, 0.4) is 0 Å². The number of nitrogens with one attached hydrogen (secondary N) is 1. The molecule has 1 N–H and O–H groups in total. The van der Waals surface area contributed by atoms with Gasteiger partial charge in [0.05, 0.1) is 6.54 Å². The van der Waals surface area contributed by atoms with Crippen molar-refractivity contribution < 1.29 is 14.3 Å². The molecule has 0 aliphatic rings. The highest BCUT2D eigenvalue weighted by atomic mass is 35.5. The molecule has 0 aliphatic heterocycles. The first-order valence-corrected chi connectivity index (χ1v) is 9.59. The number of carbonyl (C=O) groups excluding carboxylic acids is 1. The summed E-state index contributed by atoms with van der Waals surface area (Å²) in [5.41, 5.74) is 3.20. The summed E-state index contributed by atoms with van der Waals surface area (Å²) in [5.74, 6) is 1.60. The van der Waals surface area contributed by atoms with Crippen molar-refractivity contribution in [3.63, 3.8) is 0 Å². The summed E-state index contributed by atoms with van der Waals surface area (Å²) in [6.07, 6.45) is -0.585. The molecule has 4 nitrogen and oxygen atoms in total. The van der Waals surface area contributed by atoms with E-state index in [1.54, 1.807) is 13.0 Å². The molecule has 0 heterocycles. The van der Waals surface area contributed by atoms with Gasteiger partial charge < -0.3 is 14.8 Å². The van der Waals surface area contributed by atoms with Crippen molar-refractivity contribution >= 4 is 17.5 Å². The third-order valence-corrected chi connectivity index (χ3v) is 4.68. The molecule has 27 heavy (non-hydrogen) atoms. The van der Waals surface area contributed by atoms with Gasteiger partial charge in [-0.15, -0.1) is 0 Å². The molecule has 5 heteroatoms. The molecule has 1 amide bonds. The summed E-state index contributed by atoms with van der Waals surface area (Å²) in [5, 5.41) is 3.50. The SMILES string of the molecule is Cc1ccc(C(C)C)c(O[C@@H](C)C(=O)NCCOc2ccc(C)c(Cl)c2)c1. The molecule has 146 valence electrons. The number of aryl methyl sites for hydroxylation is 2. The molecule has 0 saturated heterocycles. The second-order valence-corrected chi connectivity index (χ2v) is 7.41. The van der Waals surface area contributed by atoms with Crippen LogP contribution in [0.4, 0.5) is 0 Å². The average Bonchev–Trinajstić information content (AvgIpc) is 2.61. The molecule has 1 atom stereocenters. The number of rotatable bonds is 8. The van der Waals surface area contributed by atoms with E-state index >= 15 is 0 Å². The highest BCUT2D eigenvalue weighted by Crippen LogP contribution is 2.28. The second kappa shape index (κ2) is 9.65.